The molecule has 2 aliphatic carbocycles. The number of imide groups is 1. The predicted molar refractivity (Wildman–Crippen MR) is 85.1 cm³/mol. The van der Waals surface area contributed by atoms with Gasteiger partial charge in [0.05, 0.1) is 23.1 Å². The van der Waals surface area contributed by atoms with Crippen molar-refractivity contribution in [1.29, 1.82) is 5.26 Å². The first-order valence-electron chi connectivity index (χ1n) is 7.78. The third-order valence-corrected chi connectivity index (χ3v) is 5.26. The molecule has 2 amide bonds. The van der Waals surface area contributed by atoms with E-state index >= 15 is 0 Å². The Labute approximate surface area is 134 Å². The molecule has 0 unspecified atom stereocenters. The number of anilines is 1. The first kappa shape index (κ1) is 14.0. The summed E-state index contributed by atoms with van der Waals surface area (Å²) in [5, 5.41) is 9.27. The smallest absolute Gasteiger partial charge is 0.238 e. The lowest BCUT2D eigenvalue weighted by Gasteiger charge is -2.20. The van der Waals surface area contributed by atoms with Crippen molar-refractivity contribution in [2.75, 3.05) is 4.90 Å². The molecule has 1 aromatic rings. The average molecular weight is 304 g/mol. The van der Waals surface area contributed by atoms with Crippen LogP contribution in [-0.4, -0.2) is 11.8 Å². The van der Waals surface area contributed by atoms with Crippen LogP contribution in [-0.2, 0) is 9.59 Å². The Morgan fingerprint density at radius 3 is 2.13 bits per heavy atom. The molecule has 3 aliphatic rings. The summed E-state index contributed by atoms with van der Waals surface area (Å²) in [6, 6.07) is 8.87. The normalized spacial score (nSPS) is 30.8. The van der Waals surface area contributed by atoms with Crippen molar-refractivity contribution in [1.82, 2.24) is 0 Å². The van der Waals surface area contributed by atoms with Crippen LogP contribution in [0.5, 0.6) is 0 Å². The van der Waals surface area contributed by atoms with E-state index in [9.17, 15) is 14.9 Å². The Balaban J connectivity index is 1.81. The van der Waals surface area contributed by atoms with Crippen molar-refractivity contribution in [3.63, 3.8) is 0 Å². The van der Waals surface area contributed by atoms with Crippen LogP contribution < -0.4 is 4.90 Å². The molecule has 0 aromatic heterocycles. The number of nitrogens with zero attached hydrogens (tertiary/aromatic N) is 2. The summed E-state index contributed by atoms with van der Waals surface area (Å²) in [7, 11) is 0. The number of hydrogen-bond acceptors (Lipinski definition) is 3. The van der Waals surface area contributed by atoms with Gasteiger partial charge in [-0.3, -0.25) is 9.59 Å². The van der Waals surface area contributed by atoms with Crippen LogP contribution in [0.25, 0.3) is 0 Å². The van der Waals surface area contributed by atoms with E-state index in [-0.39, 0.29) is 35.5 Å². The van der Waals surface area contributed by atoms with E-state index in [1.165, 1.54) is 16.0 Å². The zero-order chi connectivity index (χ0) is 16.3. The van der Waals surface area contributed by atoms with Crippen LogP contribution in [0.2, 0.25) is 0 Å². The van der Waals surface area contributed by atoms with Crippen LogP contribution >= 0.6 is 0 Å². The topological polar surface area (TPSA) is 61.2 Å². The van der Waals surface area contributed by atoms with E-state index in [1.807, 2.05) is 13.8 Å². The SMILES string of the molecule is CC(C)=C1[C@@H]2C=C[C@@H]1[C@H]1C(=O)N(c3ccccc3C#N)C(=O)[C@@H]12. The minimum Gasteiger partial charge on any atom is -0.274 e. The maximum atomic E-state index is 13.0. The number of allylic oxidation sites excluding steroid dienone is 4. The Bertz CT molecular complexity index is 805. The lowest BCUT2D eigenvalue weighted by atomic mass is 9.85. The molecule has 1 aliphatic heterocycles. The molecule has 4 rings (SSSR count). The third kappa shape index (κ3) is 1.65. The minimum atomic E-state index is -0.311. The van der Waals surface area contributed by atoms with Crippen LogP contribution in [0, 0.1) is 35.0 Å². The number of fused-ring (bicyclic) bond motifs is 5. The summed E-state index contributed by atoms with van der Waals surface area (Å²) in [5.41, 5.74) is 3.20. The number of carbonyl (C=O) groups is 2. The Hall–Kier alpha value is -2.67. The molecule has 23 heavy (non-hydrogen) atoms. The highest BCUT2D eigenvalue weighted by molar-refractivity contribution is 6.23. The maximum Gasteiger partial charge on any atom is 0.238 e. The van der Waals surface area contributed by atoms with E-state index in [1.54, 1.807) is 24.3 Å². The molecule has 114 valence electrons. The van der Waals surface area contributed by atoms with Gasteiger partial charge in [0.1, 0.15) is 6.07 Å². The number of para-hydroxylation sites is 1. The van der Waals surface area contributed by atoms with E-state index < -0.39 is 0 Å². The molecule has 0 spiro atoms. The summed E-state index contributed by atoms with van der Waals surface area (Å²) in [6.07, 6.45) is 4.14. The summed E-state index contributed by atoms with van der Waals surface area (Å²) in [6.45, 7) is 4.09. The van der Waals surface area contributed by atoms with Gasteiger partial charge in [-0.2, -0.15) is 5.26 Å². The second-order valence-corrected chi connectivity index (χ2v) is 6.58. The van der Waals surface area contributed by atoms with Crippen molar-refractivity contribution in [2.24, 2.45) is 23.7 Å². The Morgan fingerprint density at radius 2 is 1.61 bits per heavy atom. The molecule has 4 atom stereocenters. The van der Waals surface area contributed by atoms with Crippen molar-refractivity contribution >= 4 is 17.5 Å². The number of nitriles is 1. The molecule has 2 bridgehead atoms. The zero-order valence-corrected chi connectivity index (χ0v) is 13.0. The van der Waals surface area contributed by atoms with Gasteiger partial charge in [-0.05, 0) is 26.0 Å². The van der Waals surface area contributed by atoms with E-state index in [2.05, 4.69) is 18.2 Å². The highest BCUT2D eigenvalue weighted by Crippen LogP contribution is 2.57. The van der Waals surface area contributed by atoms with Gasteiger partial charge in [-0.1, -0.05) is 35.4 Å². The van der Waals surface area contributed by atoms with E-state index in [0.29, 0.717) is 11.3 Å². The van der Waals surface area contributed by atoms with Crippen LogP contribution in [0.4, 0.5) is 5.69 Å². The fourth-order valence-corrected chi connectivity index (χ4v) is 4.43. The predicted octanol–water partition coefficient (Wildman–Crippen LogP) is 2.82. The standard InChI is InChI=1S/C19H16N2O2/c1-10(2)15-12-7-8-13(15)17-16(12)18(22)21(19(17)23)14-6-4-3-5-11(14)9-20/h3-8,12-13,16-17H,1-2H3/t12-,13-,16+,17+/m0/s1. The highest BCUT2D eigenvalue weighted by atomic mass is 16.2. The van der Waals surface area contributed by atoms with Crippen LogP contribution in [0.1, 0.15) is 19.4 Å². The van der Waals surface area contributed by atoms with Gasteiger partial charge in [0.15, 0.2) is 0 Å². The van der Waals surface area contributed by atoms with Gasteiger partial charge >= 0.3 is 0 Å². The molecule has 4 nitrogen and oxygen atoms in total. The van der Waals surface area contributed by atoms with Crippen molar-refractivity contribution < 1.29 is 9.59 Å². The van der Waals surface area contributed by atoms with Crippen molar-refractivity contribution in [2.45, 2.75) is 13.8 Å². The quantitative estimate of drug-likeness (QED) is 0.592. The first-order chi connectivity index (χ1) is 11.1. The lowest BCUT2D eigenvalue weighted by molar-refractivity contribution is -0.122. The second kappa shape index (κ2) is 4.66. The Kier molecular flexibility index (Phi) is 2.83. The summed E-state index contributed by atoms with van der Waals surface area (Å²) < 4.78 is 0. The lowest BCUT2D eigenvalue weighted by Crippen LogP contribution is -2.33. The molecule has 2 fully saturated rings. The van der Waals surface area contributed by atoms with Gasteiger partial charge in [0.25, 0.3) is 0 Å². The molecule has 1 saturated heterocycles. The highest BCUT2D eigenvalue weighted by Gasteiger charge is 2.62. The molecule has 0 radical (unpaired) electrons. The van der Waals surface area contributed by atoms with Crippen molar-refractivity contribution in [3.05, 3.63) is 53.1 Å². The zero-order valence-electron chi connectivity index (χ0n) is 13.0. The van der Waals surface area contributed by atoms with Crippen LogP contribution in [0.3, 0.4) is 0 Å². The average Bonchev–Trinajstić information content (AvgIpc) is 3.18. The summed E-state index contributed by atoms with van der Waals surface area (Å²) >= 11 is 0. The fraction of sp³-hybridized carbons (Fsp3) is 0.316. The number of hydrogen-bond donors (Lipinski definition) is 0. The van der Waals surface area contributed by atoms with Gasteiger partial charge < -0.3 is 0 Å². The summed E-state index contributed by atoms with van der Waals surface area (Å²) in [4.78, 5) is 27.2. The molecular formula is C19H16N2O2. The molecule has 4 heteroatoms. The third-order valence-electron chi connectivity index (χ3n) is 5.26. The second-order valence-electron chi connectivity index (χ2n) is 6.58. The molecule has 1 aromatic carbocycles. The van der Waals surface area contributed by atoms with Gasteiger partial charge in [-0.15, -0.1) is 0 Å². The molecule has 1 saturated carbocycles. The maximum absolute atomic E-state index is 13.0. The monoisotopic (exact) mass is 304 g/mol. The van der Waals surface area contributed by atoms with Crippen molar-refractivity contribution in [3.8, 4) is 6.07 Å². The molecule has 1 heterocycles. The largest absolute Gasteiger partial charge is 0.274 e. The van der Waals surface area contributed by atoms with E-state index in [4.69, 9.17) is 0 Å². The number of rotatable bonds is 1. The Morgan fingerprint density at radius 1 is 1.04 bits per heavy atom. The fourth-order valence-electron chi connectivity index (χ4n) is 4.43. The number of benzene rings is 1. The molecular weight excluding hydrogens is 288 g/mol. The molecule has 0 N–H and O–H groups in total. The van der Waals surface area contributed by atoms with Crippen LogP contribution in [0.15, 0.2) is 47.6 Å². The first-order valence-corrected chi connectivity index (χ1v) is 7.78. The minimum absolute atomic E-state index is 0.0331. The summed E-state index contributed by atoms with van der Waals surface area (Å²) in [5.74, 6) is -0.892. The van der Waals surface area contributed by atoms with E-state index in [0.717, 1.165) is 0 Å². The van der Waals surface area contributed by atoms with Gasteiger partial charge in [0, 0.05) is 11.8 Å². The number of carbonyl (C=O) groups excluding carboxylic acids is 2. The van der Waals surface area contributed by atoms with Gasteiger partial charge in [-0.25, -0.2) is 4.90 Å². The van der Waals surface area contributed by atoms with Gasteiger partial charge in [0.2, 0.25) is 11.8 Å². The number of amides is 2.